The first-order valence-electron chi connectivity index (χ1n) is 9.56. The summed E-state index contributed by atoms with van der Waals surface area (Å²) in [5.74, 6) is 1.80. The molecular weight excluding hydrogens is 256 g/mol. The van der Waals surface area contributed by atoms with E-state index in [1.54, 1.807) is 0 Å². The lowest BCUT2D eigenvalue weighted by atomic mass is 9.39. The van der Waals surface area contributed by atoms with Gasteiger partial charge in [-0.3, -0.25) is 0 Å². The maximum atomic E-state index is 10.7. The molecule has 4 bridgehead atoms. The van der Waals surface area contributed by atoms with Crippen LogP contribution in [0.1, 0.15) is 90.9 Å². The van der Waals surface area contributed by atoms with Gasteiger partial charge in [0.15, 0.2) is 0 Å². The zero-order valence-electron chi connectivity index (χ0n) is 14.2. The van der Waals surface area contributed by atoms with Crippen molar-refractivity contribution in [2.45, 2.75) is 97.0 Å². The highest BCUT2D eigenvalue weighted by atomic mass is 16.3. The van der Waals surface area contributed by atoms with Crippen LogP contribution < -0.4 is 0 Å². The van der Waals surface area contributed by atoms with Gasteiger partial charge in [-0.1, -0.05) is 39.5 Å². The maximum Gasteiger partial charge on any atom is 0.0548 e. The minimum atomic E-state index is -0.0171. The van der Waals surface area contributed by atoms with Crippen LogP contribution >= 0.6 is 0 Å². The highest BCUT2D eigenvalue weighted by Gasteiger charge is 2.60. The monoisotopic (exact) mass is 290 g/mol. The molecule has 0 saturated heterocycles. The van der Waals surface area contributed by atoms with Crippen molar-refractivity contribution >= 4 is 0 Å². The summed E-state index contributed by atoms with van der Waals surface area (Å²) in [6.45, 7) is 5.10. The van der Waals surface area contributed by atoms with E-state index in [1.165, 1.54) is 64.2 Å². The first-order chi connectivity index (χ1) is 9.88. The molecule has 120 valence electrons. The molecule has 5 saturated carbocycles. The van der Waals surface area contributed by atoms with Gasteiger partial charge in [0, 0.05) is 0 Å². The number of aliphatic hydroxyl groups excluding tert-OH is 1. The zero-order valence-corrected chi connectivity index (χ0v) is 14.2. The average molecular weight is 290 g/mol. The zero-order chi connectivity index (χ0) is 14.7. The second-order valence-corrected chi connectivity index (χ2v) is 10.4. The fourth-order valence-corrected chi connectivity index (χ4v) is 8.13. The molecule has 21 heavy (non-hydrogen) atoms. The highest BCUT2D eigenvalue weighted by molar-refractivity contribution is 5.10. The van der Waals surface area contributed by atoms with E-state index in [-0.39, 0.29) is 6.10 Å². The minimum absolute atomic E-state index is 0.0171. The van der Waals surface area contributed by atoms with E-state index in [9.17, 15) is 5.11 Å². The Hall–Kier alpha value is -0.0400. The molecule has 0 radical (unpaired) electrons. The molecule has 0 aliphatic heterocycles. The predicted molar refractivity (Wildman–Crippen MR) is 87.0 cm³/mol. The van der Waals surface area contributed by atoms with Crippen LogP contribution in [-0.2, 0) is 0 Å². The summed E-state index contributed by atoms with van der Waals surface area (Å²) in [6, 6.07) is 0. The molecular formula is C20H34O. The fraction of sp³-hybridized carbons (Fsp3) is 1.00. The summed E-state index contributed by atoms with van der Waals surface area (Å²) >= 11 is 0. The summed E-state index contributed by atoms with van der Waals surface area (Å²) in [7, 11) is 0. The quantitative estimate of drug-likeness (QED) is 0.743. The normalized spacial score (nSPS) is 50.7. The summed E-state index contributed by atoms with van der Waals surface area (Å²) in [4.78, 5) is 0. The average Bonchev–Trinajstić information content (AvgIpc) is 2.74. The van der Waals surface area contributed by atoms with Gasteiger partial charge in [0.05, 0.1) is 6.10 Å². The second-order valence-electron chi connectivity index (χ2n) is 10.4. The van der Waals surface area contributed by atoms with Crippen LogP contribution in [0.2, 0.25) is 0 Å². The fourth-order valence-electron chi connectivity index (χ4n) is 8.13. The Labute approximate surface area is 130 Å². The van der Waals surface area contributed by atoms with E-state index < -0.39 is 0 Å². The van der Waals surface area contributed by atoms with Crippen molar-refractivity contribution in [3.05, 3.63) is 0 Å². The largest absolute Gasteiger partial charge is 0.393 e. The van der Waals surface area contributed by atoms with Crippen LogP contribution in [-0.4, -0.2) is 11.2 Å². The van der Waals surface area contributed by atoms with Crippen molar-refractivity contribution in [1.82, 2.24) is 0 Å². The van der Waals surface area contributed by atoms with Crippen LogP contribution in [0, 0.1) is 28.1 Å². The molecule has 3 atom stereocenters. The standard InChI is InChI=1S/C20H34O/c1-18-8-16-9-19(2,12-18)14-20(10-16,13-18)11-17(21)7-15-5-3-4-6-15/h15-17,21H,3-14H2,1-2H3. The Kier molecular flexibility index (Phi) is 3.27. The number of hydrogen-bond donors (Lipinski definition) is 1. The lowest BCUT2D eigenvalue weighted by Crippen LogP contribution is -2.55. The van der Waals surface area contributed by atoms with Crippen LogP contribution in [0.4, 0.5) is 0 Å². The van der Waals surface area contributed by atoms with Crippen LogP contribution in [0.3, 0.4) is 0 Å². The van der Waals surface area contributed by atoms with Gasteiger partial charge in [0.2, 0.25) is 0 Å². The molecule has 0 amide bonds. The molecule has 0 aromatic heterocycles. The Bertz CT molecular complexity index is 390. The first-order valence-corrected chi connectivity index (χ1v) is 9.56. The SMILES string of the molecule is CC12CC3CC(C)(C1)CC(CC(O)CC1CCCC1)(C3)C2. The van der Waals surface area contributed by atoms with Crippen LogP contribution in [0.5, 0.6) is 0 Å². The van der Waals surface area contributed by atoms with Gasteiger partial charge in [-0.05, 0) is 79.4 Å². The van der Waals surface area contributed by atoms with Crippen molar-refractivity contribution in [1.29, 1.82) is 0 Å². The van der Waals surface area contributed by atoms with E-state index >= 15 is 0 Å². The Morgan fingerprint density at radius 1 is 0.952 bits per heavy atom. The van der Waals surface area contributed by atoms with Gasteiger partial charge in [-0.2, -0.15) is 0 Å². The molecule has 0 spiro atoms. The van der Waals surface area contributed by atoms with Crippen molar-refractivity contribution in [2.24, 2.45) is 28.1 Å². The van der Waals surface area contributed by atoms with E-state index in [0.717, 1.165) is 24.7 Å². The first kappa shape index (κ1) is 14.5. The van der Waals surface area contributed by atoms with E-state index in [1.807, 2.05) is 0 Å². The van der Waals surface area contributed by atoms with Gasteiger partial charge >= 0.3 is 0 Å². The Morgan fingerprint density at radius 2 is 1.57 bits per heavy atom. The molecule has 5 rings (SSSR count). The smallest absolute Gasteiger partial charge is 0.0548 e. The minimum Gasteiger partial charge on any atom is -0.393 e. The van der Waals surface area contributed by atoms with Gasteiger partial charge in [-0.15, -0.1) is 0 Å². The molecule has 1 nitrogen and oxygen atoms in total. The number of hydrogen-bond acceptors (Lipinski definition) is 1. The van der Waals surface area contributed by atoms with Gasteiger partial charge in [0.1, 0.15) is 0 Å². The van der Waals surface area contributed by atoms with E-state index in [2.05, 4.69) is 13.8 Å². The molecule has 5 aliphatic rings. The molecule has 0 aromatic carbocycles. The molecule has 3 unspecified atom stereocenters. The number of aliphatic hydroxyl groups is 1. The van der Waals surface area contributed by atoms with E-state index in [4.69, 9.17) is 0 Å². The molecule has 5 fully saturated rings. The molecule has 1 heteroatoms. The van der Waals surface area contributed by atoms with Crippen molar-refractivity contribution < 1.29 is 5.11 Å². The third kappa shape index (κ3) is 2.69. The van der Waals surface area contributed by atoms with Gasteiger partial charge < -0.3 is 5.11 Å². The van der Waals surface area contributed by atoms with Crippen molar-refractivity contribution in [3.63, 3.8) is 0 Å². The number of rotatable bonds is 4. The Morgan fingerprint density at radius 3 is 2.14 bits per heavy atom. The van der Waals surface area contributed by atoms with Gasteiger partial charge in [0.25, 0.3) is 0 Å². The van der Waals surface area contributed by atoms with Crippen molar-refractivity contribution in [3.8, 4) is 0 Å². The van der Waals surface area contributed by atoms with E-state index in [0.29, 0.717) is 16.2 Å². The molecule has 0 aromatic rings. The maximum absolute atomic E-state index is 10.7. The van der Waals surface area contributed by atoms with Crippen LogP contribution in [0.15, 0.2) is 0 Å². The van der Waals surface area contributed by atoms with Gasteiger partial charge in [-0.25, -0.2) is 0 Å². The summed E-state index contributed by atoms with van der Waals surface area (Å²) in [5.41, 5.74) is 1.70. The summed E-state index contributed by atoms with van der Waals surface area (Å²) < 4.78 is 0. The van der Waals surface area contributed by atoms with Crippen molar-refractivity contribution in [2.75, 3.05) is 0 Å². The lowest BCUT2D eigenvalue weighted by molar-refractivity contribution is -0.157. The topological polar surface area (TPSA) is 20.2 Å². The highest BCUT2D eigenvalue weighted by Crippen LogP contribution is 2.70. The molecule has 0 heterocycles. The third-order valence-electron chi connectivity index (χ3n) is 7.49. The lowest BCUT2D eigenvalue weighted by Gasteiger charge is -2.66. The Balaban J connectivity index is 1.46. The van der Waals surface area contributed by atoms with Crippen LogP contribution in [0.25, 0.3) is 0 Å². The molecule has 1 N–H and O–H groups in total. The summed E-state index contributed by atoms with van der Waals surface area (Å²) in [6.07, 6.45) is 16.4. The predicted octanol–water partition coefficient (Wildman–Crippen LogP) is 5.31. The molecule has 5 aliphatic carbocycles. The summed E-state index contributed by atoms with van der Waals surface area (Å²) in [5, 5.41) is 10.7. The second kappa shape index (κ2) is 4.73. The third-order valence-corrected chi connectivity index (χ3v) is 7.49.